The van der Waals surface area contributed by atoms with Gasteiger partial charge in [0, 0.05) is 24.0 Å². The summed E-state index contributed by atoms with van der Waals surface area (Å²) in [5.74, 6) is 0.938. The first kappa shape index (κ1) is 11.4. The summed E-state index contributed by atoms with van der Waals surface area (Å²) in [5.41, 5.74) is 1.09. The van der Waals surface area contributed by atoms with Crippen molar-refractivity contribution in [1.29, 1.82) is 5.26 Å². The molecule has 1 aromatic heterocycles. The molecule has 0 saturated carbocycles. The van der Waals surface area contributed by atoms with E-state index in [1.807, 2.05) is 36.5 Å². The van der Waals surface area contributed by atoms with Crippen molar-refractivity contribution < 1.29 is 0 Å². The summed E-state index contributed by atoms with van der Waals surface area (Å²) in [6.07, 6.45) is 5.20. The molecule has 3 heteroatoms. The third-order valence-corrected chi connectivity index (χ3v) is 2.89. The van der Waals surface area contributed by atoms with Crippen LogP contribution >= 0.6 is 0 Å². The van der Waals surface area contributed by atoms with Gasteiger partial charge in [-0.2, -0.15) is 5.26 Å². The van der Waals surface area contributed by atoms with Gasteiger partial charge in [-0.15, -0.1) is 0 Å². The Hall–Kier alpha value is -2.08. The maximum Gasteiger partial charge on any atom is 0.140 e. The van der Waals surface area contributed by atoms with Crippen LogP contribution in [0.4, 0.5) is 0 Å². The number of benzene rings is 1. The first-order valence-electron chi connectivity index (χ1n) is 5.82. The molecule has 0 radical (unpaired) electrons. The lowest BCUT2D eigenvalue weighted by Crippen LogP contribution is -2.08. The van der Waals surface area contributed by atoms with Gasteiger partial charge in [0.1, 0.15) is 5.82 Å². The highest BCUT2D eigenvalue weighted by atomic mass is 15.1. The van der Waals surface area contributed by atoms with Crippen molar-refractivity contribution in [2.24, 2.45) is 0 Å². The molecule has 1 heterocycles. The Morgan fingerprint density at radius 2 is 2.12 bits per heavy atom. The van der Waals surface area contributed by atoms with Gasteiger partial charge in [-0.25, -0.2) is 4.98 Å². The van der Waals surface area contributed by atoms with Gasteiger partial charge in [0.05, 0.1) is 12.5 Å². The van der Waals surface area contributed by atoms with Crippen molar-refractivity contribution in [3.8, 4) is 17.5 Å². The van der Waals surface area contributed by atoms with Crippen molar-refractivity contribution >= 4 is 0 Å². The van der Waals surface area contributed by atoms with Gasteiger partial charge < -0.3 is 4.57 Å². The Kier molecular flexibility index (Phi) is 3.56. The smallest absolute Gasteiger partial charge is 0.140 e. The quantitative estimate of drug-likeness (QED) is 0.800. The normalized spacial score (nSPS) is 12.0. The lowest BCUT2D eigenvalue weighted by Gasteiger charge is -2.16. The number of aromatic nitrogens is 2. The number of imidazole rings is 1. The maximum absolute atomic E-state index is 8.84. The SMILES string of the molecule is CCC(CC#N)n1ccnc1-c1ccccc1. The van der Waals surface area contributed by atoms with Gasteiger partial charge in [0.2, 0.25) is 0 Å². The van der Waals surface area contributed by atoms with E-state index in [0.29, 0.717) is 6.42 Å². The zero-order valence-corrected chi connectivity index (χ0v) is 9.87. The van der Waals surface area contributed by atoms with E-state index >= 15 is 0 Å². The molecule has 17 heavy (non-hydrogen) atoms. The average Bonchev–Trinajstić information content (AvgIpc) is 2.86. The second-order valence-electron chi connectivity index (χ2n) is 3.95. The van der Waals surface area contributed by atoms with E-state index in [4.69, 9.17) is 5.26 Å². The van der Waals surface area contributed by atoms with Crippen LogP contribution in [0.2, 0.25) is 0 Å². The highest BCUT2D eigenvalue weighted by Crippen LogP contribution is 2.24. The molecule has 0 amide bonds. The van der Waals surface area contributed by atoms with Crippen LogP contribution in [0.1, 0.15) is 25.8 Å². The molecule has 0 N–H and O–H groups in total. The summed E-state index contributed by atoms with van der Waals surface area (Å²) < 4.78 is 2.10. The number of hydrogen-bond acceptors (Lipinski definition) is 2. The third-order valence-electron chi connectivity index (χ3n) is 2.89. The molecule has 1 unspecified atom stereocenters. The first-order chi connectivity index (χ1) is 8.36. The second kappa shape index (κ2) is 5.31. The molecule has 1 atom stereocenters. The van der Waals surface area contributed by atoms with E-state index in [2.05, 4.69) is 22.5 Å². The predicted molar refractivity (Wildman–Crippen MR) is 67.2 cm³/mol. The molecule has 2 aromatic rings. The van der Waals surface area contributed by atoms with Crippen LogP contribution in [0.5, 0.6) is 0 Å². The van der Waals surface area contributed by atoms with Gasteiger partial charge >= 0.3 is 0 Å². The summed E-state index contributed by atoms with van der Waals surface area (Å²) in [6, 6.07) is 12.5. The van der Waals surface area contributed by atoms with Gasteiger partial charge in [-0.1, -0.05) is 37.3 Å². The van der Waals surface area contributed by atoms with Gasteiger partial charge in [-0.3, -0.25) is 0 Å². The van der Waals surface area contributed by atoms with Crippen LogP contribution < -0.4 is 0 Å². The summed E-state index contributed by atoms with van der Waals surface area (Å²) in [7, 11) is 0. The van der Waals surface area contributed by atoms with Crippen molar-refractivity contribution in [1.82, 2.24) is 9.55 Å². The van der Waals surface area contributed by atoms with Gasteiger partial charge in [0.15, 0.2) is 0 Å². The lowest BCUT2D eigenvalue weighted by atomic mass is 10.1. The monoisotopic (exact) mass is 225 g/mol. The highest BCUT2D eigenvalue weighted by molar-refractivity contribution is 5.55. The maximum atomic E-state index is 8.84. The Balaban J connectivity index is 2.38. The molecular formula is C14H15N3. The summed E-state index contributed by atoms with van der Waals surface area (Å²) in [5, 5.41) is 8.84. The molecule has 86 valence electrons. The highest BCUT2D eigenvalue weighted by Gasteiger charge is 2.13. The number of hydrogen-bond donors (Lipinski definition) is 0. The number of nitrogens with zero attached hydrogens (tertiary/aromatic N) is 3. The molecule has 2 rings (SSSR count). The van der Waals surface area contributed by atoms with Crippen LogP contribution in [-0.2, 0) is 0 Å². The minimum Gasteiger partial charge on any atom is -0.327 e. The Labute approximate surface area is 101 Å². The largest absolute Gasteiger partial charge is 0.327 e. The second-order valence-corrected chi connectivity index (χ2v) is 3.95. The Morgan fingerprint density at radius 1 is 1.35 bits per heavy atom. The third kappa shape index (κ3) is 2.36. The molecule has 0 fully saturated rings. The fourth-order valence-corrected chi connectivity index (χ4v) is 1.96. The molecular weight excluding hydrogens is 210 g/mol. The number of nitriles is 1. The van der Waals surface area contributed by atoms with E-state index < -0.39 is 0 Å². The average molecular weight is 225 g/mol. The van der Waals surface area contributed by atoms with Crippen molar-refractivity contribution in [3.05, 3.63) is 42.7 Å². The minimum atomic E-state index is 0.206. The van der Waals surface area contributed by atoms with E-state index in [-0.39, 0.29) is 6.04 Å². The molecule has 0 spiro atoms. The van der Waals surface area contributed by atoms with Crippen LogP contribution in [0.25, 0.3) is 11.4 Å². The summed E-state index contributed by atoms with van der Waals surface area (Å²) in [6.45, 7) is 2.09. The molecule has 0 aliphatic carbocycles. The van der Waals surface area contributed by atoms with Gasteiger partial charge in [0.25, 0.3) is 0 Å². The predicted octanol–water partition coefficient (Wildman–Crippen LogP) is 3.41. The van der Waals surface area contributed by atoms with E-state index in [1.165, 1.54) is 0 Å². The van der Waals surface area contributed by atoms with Crippen LogP contribution in [0.15, 0.2) is 42.7 Å². The minimum absolute atomic E-state index is 0.206. The number of rotatable bonds is 4. The Morgan fingerprint density at radius 3 is 2.76 bits per heavy atom. The van der Waals surface area contributed by atoms with E-state index in [9.17, 15) is 0 Å². The molecule has 3 nitrogen and oxygen atoms in total. The molecule has 0 aliphatic rings. The van der Waals surface area contributed by atoms with Crippen LogP contribution in [-0.4, -0.2) is 9.55 Å². The van der Waals surface area contributed by atoms with Gasteiger partial charge in [-0.05, 0) is 6.42 Å². The molecule has 0 saturated heterocycles. The Bertz CT molecular complexity index is 508. The molecule has 0 aliphatic heterocycles. The zero-order chi connectivity index (χ0) is 12.1. The molecule has 1 aromatic carbocycles. The zero-order valence-electron chi connectivity index (χ0n) is 9.87. The first-order valence-corrected chi connectivity index (χ1v) is 5.82. The summed E-state index contributed by atoms with van der Waals surface area (Å²) in [4.78, 5) is 4.39. The fourth-order valence-electron chi connectivity index (χ4n) is 1.96. The van der Waals surface area contributed by atoms with Crippen molar-refractivity contribution in [2.75, 3.05) is 0 Å². The van der Waals surface area contributed by atoms with Crippen molar-refractivity contribution in [2.45, 2.75) is 25.8 Å². The van der Waals surface area contributed by atoms with Crippen LogP contribution in [0.3, 0.4) is 0 Å². The topological polar surface area (TPSA) is 41.6 Å². The fraction of sp³-hybridized carbons (Fsp3) is 0.286. The summed E-state index contributed by atoms with van der Waals surface area (Å²) >= 11 is 0. The van der Waals surface area contributed by atoms with Crippen LogP contribution in [0, 0.1) is 11.3 Å². The lowest BCUT2D eigenvalue weighted by molar-refractivity contribution is 0.500. The van der Waals surface area contributed by atoms with E-state index in [0.717, 1.165) is 17.8 Å². The van der Waals surface area contributed by atoms with Crippen molar-refractivity contribution in [3.63, 3.8) is 0 Å². The molecule has 0 bridgehead atoms. The van der Waals surface area contributed by atoms with E-state index in [1.54, 1.807) is 6.20 Å². The standard InChI is InChI=1S/C14H15N3/c1-2-13(8-9-15)17-11-10-16-14(17)12-6-4-3-5-7-12/h3-7,10-11,13H,2,8H2,1H3.